The third-order valence-corrected chi connectivity index (χ3v) is 3.16. The molecule has 1 aromatic heterocycles. The van der Waals surface area contributed by atoms with Gasteiger partial charge in [-0.1, -0.05) is 6.07 Å². The summed E-state index contributed by atoms with van der Waals surface area (Å²) in [6, 6.07) is 5.73. The lowest BCUT2D eigenvalue weighted by molar-refractivity contribution is -0.126. The summed E-state index contributed by atoms with van der Waals surface area (Å²) < 4.78 is 0. The highest BCUT2D eigenvalue weighted by Crippen LogP contribution is 2.13. The van der Waals surface area contributed by atoms with E-state index in [2.05, 4.69) is 15.6 Å². The molecule has 0 unspecified atom stereocenters. The Bertz CT molecular complexity index is 360. The van der Waals surface area contributed by atoms with Crippen LogP contribution in [0.2, 0.25) is 0 Å². The van der Waals surface area contributed by atoms with Crippen LogP contribution in [0.4, 0.5) is 0 Å². The summed E-state index contributed by atoms with van der Waals surface area (Å²) in [6.07, 6.45) is 3.81. The molecular weight excluding hydrogens is 214 g/mol. The van der Waals surface area contributed by atoms with Crippen LogP contribution in [-0.2, 0) is 4.79 Å². The largest absolute Gasteiger partial charge is 0.348 e. The number of nitrogens with zero attached hydrogens (tertiary/aromatic N) is 1. The molecule has 0 radical (unpaired) electrons. The Balaban J connectivity index is 1.89. The number of carbonyl (C=O) groups excluding carboxylic acids is 1. The average molecular weight is 233 g/mol. The third kappa shape index (κ3) is 3.27. The molecule has 0 saturated carbocycles. The number of hydrogen-bond donors (Lipinski definition) is 2. The Hall–Kier alpha value is -1.42. The van der Waals surface area contributed by atoms with E-state index in [9.17, 15) is 4.79 Å². The first-order valence-electron chi connectivity index (χ1n) is 6.19. The summed E-state index contributed by atoms with van der Waals surface area (Å²) in [5.41, 5.74) is 0.907. The molecule has 1 fully saturated rings. The van der Waals surface area contributed by atoms with Gasteiger partial charge >= 0.3 is 0 Å². The molecule has 1 amide bonds. The molecule has 0 spiro atoms. The van der Waals surface area contributed by atoms with Crippen LogP contribution in [0.25, 0.3) is 0 Å². The zero-order valence-electron chi connectivity index (χ0n) is 10.1. The number of hydrogen-bond acceptors (Lipinski definition) is 3. The number of aromatic nitrogens is 1. The van der Waals surface area contributed by atoms with Gasteiger partial charge < -0.3 is 10.6 Å². The van der Waals surface area contributed by atoms with E-state index in [4.69, 9.17) is 0 Å². The van der Waals surface area contributed by atoms with Gasteiger partial charge in [-0.25, -0.2) is 0 Å². The number of amides is 1. The molecule has 0 aromatic carbocycles. The smallest absolute Gasteiger partial charge is 0.224 e. The number of piperidine rings is 1. The first-order chi connectivity index (χ1) is 8.27. The van der Waals surface area contributed by atoms with Crippen molar-refractivity contribution >= 4 is 5.91 Å². The molecular formula is C13H19N3O. The second-order valence-corrected chi connectivity index (χ2v) is 4.53. The minimum atomic E-state index is -0.0226. The maximum Gasteiger partial charge on any atom is 0.224 e. The third-order valence-electron chi connectivity index (χ3n) is 3.16. The van der Waals surface area contributed by atoms with Crippen molar-refractivity contribution in [2.75, 3.05) is 13.1 Å². The van der Waals surface area contributed by atoms with Gasteiger partial charge in [0.1, 0.15) is 0 Å². The van der Waals surface area contributed by atoms with E-state index in [1.807, 2.05) is 25.1 Å². The van der Waals surface area contributed by atoms with E-state index in [-0.39, 0.29) is 17.9 Å². The van der Waals surface area contributed by atoms with Crippen molar-refractivity contribution in [2.45, 2.75) is 25.8 Å². The molecule has 4 nitrogen and oxygen atoms in total. The summed E-state index contributed by atoms with van der Waals surface area (Å²) >= 11 is 0. The van der Waals surface area contributed by atoms with E-state index in [0.717, 1.165) is 31.6 Å². The summed E-state index contributed by atoms with van der Waals surface area (Å²) in [6.45, 7) is 3.79. The molecule has 0 aliphatic carbocycles. The van der Waals surface area contributed by atoms with Crippen LogP contribution >= 0.6 is 0 Å². The van der Waals surface area contributed by atoms with E-state index < -0.39 is 0 Å². The second kappa shape index (κ2) is 5.77. The van der Waals surface area contributed by atoms with Gasteiger partial charge in [0, 0.05) is 12.7 Å². The van der Waals surface area contributed by atoms with Crippen molar-refractivity contribution in [1.82, 2.24) is 15.6 Å². The van der Waals surface area contributed by atoms with Crippen LogP contribution in [-0.4, -0.2) is 24.0 Å². The Morgan fingerprint density at radius 2 is 2.47 bits per heavy atom. The van der Waals surface area contributed by atoms with Crippen LogP contribution in [0.1, 0.15) is 31.5 Å². The Morgan fingerprint density at radius 3 is 3.12 bits per heavy atom. The summed E-state index contributed by atoms with van der Waals surface area (Å²) in [7, 11) is 0. The molecule has 17 heavy (non-hydrogen) atoms. The molecule has 0 bridgehead atoms. The lowest BCUT2D eigenvalue weighted by Crippen LogP contribution is -2.41. The fourth-order valence-corrected chi connectivity index (χ4v) is 2.11. The fraction of sp³-hybridized carbons (Fsp3) is 0.538. The van der Waals surface area contributed by atoms with Gasteiger partial charge in [0.05, 0.1) is 17.7 Å². The van der Waals surface area contributed by atoms with Crippen molar-refractivity contribution in [3.63, 3.8) is 0 Å². The van der Waals surface area contributed by atoms with Gasteiger partial charge in [-0.2, -0.15) is 0 Å². The maximum atomic E-state index is 12.0. The molecule has 4 heteroatoms. The molecule has 1 aromatic rings. The van der Waals surface area contributed by atoms with Crippen molar-refractivity contribution in [3.8, 4) is 0 Å². The topological polar surface area (TPSA) is 54.0 Å². The zero-order valence-corrected chi connectivity index (χ0v) is 10.1. The highest BCUT2D eigenvalue weighted by atomic mass is 16.2. The van der Waals surface area contributed by atoms with Crippen molar-refractivity contribution in [3.05, 3.63) is 30.1 Å². The first kappa shape index (κ1) is 12.0. The van der Waals surface area contributed by atoms with Crippen molar-refractivity contribution in [2.24, 2.45) is 5.92 Å². The Morgan fingerprint density at radius 1 is 1.59 bits per heavy atom. The molecule has 1 saturated heterocycles. The molecule has 2 rings (SSSR count). The molecule has 1 aliphatic heterocycles. The number of carbonyl (C=O) groups is 1. The van der Waals surface area contributed by atoms with E-state index in [1.54, 1.807) is 6.20 Å². The Labute approximate surface area is 102 Å². The SMILES string of the molecule is C[C@H](NC(=O)[C@H]1CCCNC1)c1ccccn1. The van der Waals surface area contributed by atoms with E-state index in [1.165, 1.54) is 0 Å². The first-order valence-corrected chi connectivity index (χ1v) is 6.19. The van der Waals surface area contributed by atoms with Gasteiger partial charge in [-0.15, -0.1) is 0 Å². The highest BCUT2D eigenvalue weighted by molar-refractivity contribution is 5.79. The quantitative estimate of drug-likeness (QED) is 0.826. The molecule has 2 atom stereocenters. The maximum absolute atomic E-state index is 12.0. The average Bonchev–Trinajstić information content (AvgIpc) is 2.40. The Kier molecular flexibility index (Phi) is 4.09. The highest BCUT2D eigenvalue weighted by Gasteiger charge is 2.22. The predicted octanol–water partition coefficient (Wildman–Crippen LogP) is 1.26. The number of nitrogens with one attached hydrogen (secondary N) is 2. The standard InChI is InChI=1S/C13H19N3O/c1-10(12-6-2-3-8-15-12)16-13(17)11-5-4-7-14-9-11/h2-3,6,8,10-11,14H,4-5,7,9H2,1H3,(H,16,17)/t10-,11-/m0/s1. The monoisotopic (exact) mass is 233 g/mol. The number of pyridine rings is 1. The molecule has 92 valence electrons. The van der Waals surface area contributed by atoms with Crippen molar-refractivity contribution < 1.29 is 4.79 Å². The summed E-state index contributed by atoms with van der Waals surface area (Å²) in [5.74, 6) is 0.241. The minimum Gasteiger partial charge on any atom is -0.348 e. The van der Waals surface area contributed by atoms with Gasteiger partial charge in [-0.05, 0) is 38.4 Å². The van der Waals surface area contributed by atoms with Gasteiger partial charge in [0.25, 0.3) is 0 Å². The van der Waals surface area contributed by atoms with E-state index in [0.29, 0.717) is 0 Å². The molecule has 2 heterocycles. The summed E-state index contributed by atoms with van der Waals surface area (Å²) in [5, 5.41) is 6.28. The number of rotatable bonds is 3. The fourth-order valence-electron chi connectivity index (χ4n) is 2.11. The van der Waals surface area contributed by atoms with Gasteiger partial charge in [0.15, 0.2) is 0 Å². The second-order valence-electron chi connectivity index (χ2n) is 4.53. The lowest BCUT2D eigenvalue weighted by atomic mass is 9.98. The van der Waals surface area contributed by atoms with Crippen molar-refractivity contribution in [1.29, 1.82) is 0 Å². The van der Waals surface area contributed by atoms with Crippen LogP contribution in [0.5, 0.6) is 0 Å². The van der Waals surface area contributed by atoms with Crippen LogP contribution in [0, 0.1) is 5.92 Å². The van der Waals surface area contributed by atoms with Gasteiger partial charge in [0.2, 0.25) is 5.91 Å². The van der Waals surface area contributed by atoms with Crippen LogP contribution in [0.15, 0.2) is 24.4 Å². The van der Waals surface area contributed by atoms with E-state index >= 15 is 0 Å². The molecule has 2 N–H and O–H groups in total. The predicted molar refractivity (Wildman–Crippen MR) is 66.4 cm³/mol. The summed E-state index contributed by atoms with van der Waals surface area (Å²) in [4.78, 5) is 16.2. The minimum absolute atomic E-state index is 0.0226. The molecule has 1 aliphatic rings. The normalized spacial score (nSPS) is 21.8. The van der Waals surface area contributed by atoms with Crippen LogP contribution < -0.4 is 10.6 Å². The van der Waals surface area contributed by atoms with Crippen LogP contribution in [0.3, 0.4) is 0 Å². The zero-order chi connectivity index (χ0) is 12.1. The lowest BCUT2D eigenvalue weighted by Gasteiger charge is -2.23. The van der Waals surface area contributed by atoms with Gasteiger partial charge in [-0.3, -0.25) is 9.78 Å².